The van der Waals surface area contributed by atoms with E-state index in [-0.39, 0.29) is 12.1 Å². The van der Waals surface area contributed by atoms with E-state index in [1.807, 2.05) is 45.0 Å². The third kappa shape index (κ3) is 4.84. The van der Waals surface area contributed by atoms with Crippen LogP contribution in [0.15, 0.2) is 42.9 Å². The van der Waals surface area contributed by atoms with Gasteiger partial charge in [-0.1, -0.05) is 6.07 Å². The number of carbonyl (C=O) groups excluding carboxylic acids is 1. The van der Waals surface area contributed by atoms with E-state index in [9.17, 15) is 4.79 Å². The Hall–Kier alpha value is -3.42. The molecule has 162 valence electrons. The Morgan fingerprint density at radius 3 is 2.65 bits per heavy atom. The Morgan fingerprint density at radius 2 is 1.94 bits per heavy atom. The molecular weight excluding hydrogens is 394 g/mol. The van der Waals surface area contributed by atoms with Crippen molar-refractivity contribution in [3.05, 3.63) is 42.9 Å². The number of methoxy groups -OCH3 is 1. The summed E-state index contributed by atoms with van der Waals surface area (Å²) in [5.41, 5.74) is 2.35. The molecule has 1 atom stereocenters. The van der Waals surface area contributed by atoms with Gasteiger partial charge in [0.25, 0.3) is 0 Å². The van der Waals surface area contributed by atoms with Crippen LogP contribution in [0.3, 0.4) is 0 Å². The predicted molar refractivity (Wildman–Crippen MR) is 119 cm³/mol. The first kappa shape index (κ1) is 20.8. The molecule has 0 spiro atoms. The van der Waals surface area contributed by atoms with E-state index < -0.39 is 5.60 Å². The van der Waals surface area contributed by atoms with Crippen molar-refractivity contribution in [1.29, 1.82) is 0 Å². The van der Waals surface area contributed by atoms with E-state index in [4.69, 9.17) is 9.47 Å². The number of amides is 1. The second kappa shape index (κ2) is 8.37. The number of rotatable bonds is 4. The summed E-state index contributed by atoms with van der Waals surface area (Å²) in [6.45, 7) is 6.85. The fourth-order valence-corrected chi connectivity index (χ4v) is 3.59. The van der Waals surface area contributed by atoms with E-state index in [2.05, 4.69) is 26.3 Å². The zero-order valence-corrected chi connectivity index (χ0v) is 18.3. The fourth-order valence-electron chi connectivity index (χ4n) is 3.59. The van der Waals surface area contributed by atoms with Crippen molar-refractivity contribution < 1.29 is 14.3 Å². The number of hydrogen-bond donors (Lipinski definition) is 1. The maximum absolute atomic E-state index is 12.4. The van der Waals surface area contributed by atoms with E-state index in [1.54, 1.807) is 24.5 Å². The molecule has 0 aliphatic carbocycles. The van der Waals surface area contributed by atoms with Gasteiger partial charge < -0.3 is 19.7 Å². The Bertz CT molecular complexity index is 1080. The quantitative estimate of drug-likeness (QED) is 0.678. The Balaban J connectivity index is 1.53. The van der Waals surface area contributed by atoms with Crippen LogP contribution in [0.5, 0.6) is 5.88 Å². The molecule has 0 radical (unpaired) electrons. The van der Waals surface area contributed by atoms with Crippen LogP contribution in [0.25, 0.3) is 22.0 Å². The lowest BCUT2D eigenvalue weighted by atomic mass is 10.0. The summed E-state index contributed by atoms with van der Waals surface area (Å²) in [4.78, 5) is 27.2. The van der Waals surface area contributed by atoms with Crippen LogP contribution in [0.2, 0.25) is 0 Å². The van der Waals surface area contributed by atoms with Gasteiger partial charge in [0.2, 0.25) is 5.88 Å². The zero-order chi connectivity index (χ0) is 22.0. The summed E-state index contributed by atoms with van der Waals surface area (Å²) >= 11 is 0. The highest BCUT2D eigenvalue weighted by atomic mass is 16.6. The van der Waals surface area contributed by atoms with Crippen molar-refractivity contribution >= 4 is 22.8 Å². The summed E-state index contributed by atoms with van der Waals surface area (Å²) in [7, 11) is 1.60. The number of likely N-dealkylation sites (tertiary alicyclic amines) is 1. The van der Waals surface area contributed by atoms with Crippen LogP contribution < -0.4 is 10.1 Å². The lowest BCUT2D eigenvalue weighted by molar-refractivity contribution is 0.0293. The molecule has 1 aliphatic rings. The van der Waals surface area contributed by atoms with Crippen molar-refractivity contribution in [2.45, 2.75) is 38.8 Å². The average molecular weight is 422 g/mol. The number of carbonyl (C=O) groups is 1. The summed E-state index contributed by atoms with van der Waals surface area (Å²) in [5, 5.41) is 4.42. The fraction of sp³-hybridized carbons (Fsp3) is 0.391. The van der Waals surface area contributed by atoms with Gasteiger partial charge in [-0.2, -0.15) is 0 Å². The van der Waals surface area contributed by atoms with E-state index in [0.717, 1.165) is 34.3 Å². The molecule has 1 aromatic carbocycles. The molecule has 8 heteroatoms. The van der Waals surface area contributed by atoms with Gasteiger partial charge in [-0.15, -0.1) is 0 Å². The first-order valence-corrected chi connectivity index (χ1v) is 10.3. The number of hydrogen-bond acceptors (Lipinski definition) is 7. The summed E-state index contributed by atoms with van der Waals surface area (Å²) < 4.78 is 10.6. The molecule has 2 aromatic heterocycles. The lowest BCUT2D eigenvalue weighted by Crippen LogP contribution is -2.36. The second-order valence-electron chi connectivity index (χ2n) is 8.60. The zero-order valence-electron chi connectivity index (χ0n) is 18.3. The Labute approximate surface area is 181 Å². The van der Waals surface area contributed by atoms with Crippen molar-refractivity contribution in [3.8, 4) is 17.0 Å². The monoisotopic (exact) mass is 421 g/mol. The van der Waals surface area contributed by atoms with Gasteiger partial charge in [-0.25, -0.2) is 19.7 Å². The average Bonchev–Trinajstić information content (AvgIpc) is 3.21. The molecule has 3 heterocycles. The van der Waals surface area contributed by atoms with E-state index in [0.29, 0.717) is 19.0 Å². The normalized spacial score (nSPS) is 16.4. The molecule has 1 N–H and O–H groups in total. The molecule has 0 unspecified atom stereocenters. The van der Waals surface area contributed by atoms with Crippen LogP contribution in [0.1, 0.15) is 27.2 Å². The van der Waals surface area contributed by atoms with Gasteiger partial charge in [0.1, 0.15) is 17.7 Å². The van der Waals surface area contributed by atoms with Gasteiger partial charge in [-0.05, 0) is 51.0 Å². The summed E-state index contributed by atoms with van der Waals surface area (Å²) in [6, 6.07) is 9.95. The molecule has 0 bridgehead atoms. The lowest BCUT2D eigenvalue weighted by Gasteiger charge is -2.24. The van der Waals surface area contributed by atoms with E-state index in [1.165, 1.54) is 0 Å². The first-order chi connectivity index (χ1) is 14.8. The minimum atomic E-state index is -0.502. The topological polar surface area (TPSA) is 89.5 Å². The number of pyridine rings is 1. The maximum atomic E-state index is 12.4. The van der Waals surface area contributed by atoms with Gasteiger partial charge in [0.05, 0.1) is 12.6 Å². The molecule has 1 aliphatic heterocycles. The van der Waals surface area contributed by atoms with Crippen LogP contribution >= 0.6 is 0 Å². The molecule has 8 nitrogen and oxygen atoms in total. The highest BCUT2D eigenvalue weighted by molar-refractivity contribution is 5.92. The summed E-state index contributed by atoms with van der Waals surface area (Å²) in [6.07, 6.45) is 3.89. The minimum Gasteiger partial charge on any atom is -0.481 e. The van der Waals surface area contributed by atoms with Crippen molar-refractivity contribution in [1.82, 2.24) is 19.9 Å². The number of fused-ring (bicyclic) bond motifs is 1. The number of ether oxygens (including phenoxy) is 2. The first-order valence-electron chi connectivity index (χ1n) is 10.3. The highest BCUT2D eigenvalue weighted by Gasteiger charge is 2.30. The molecule has 4 rings (SSSR count). The van der Waals surface area contributed by atoms with Crippen LogP contribution in [-0.2, 0) is 4.74 Å². The number of nitrogens with one attached hydrogen (secondary N) is 1. The van der Waals surface area contributed by atoms with Crippen molar-refractivity contribution in [3.63, 3.8) is 0 Å². The molecule has 0 saturated carbocycles. The Kier molecular flexibility index (Phi) is 5.63. The van der Waals surface area contributed by atoms with Gasteiger partial charge >= 0.3 is 6.09 Å². The molecule has 31 heavy (non-hydrogen) atoms. The SMILES string of the molecule is COc1ccc(-c2ccc3ncnc(N[C@H]4CCN(C(=O)OC(C)(C)C)C4)c3c2)cn1. The second-order valence-corrected chi connectivity index (χ2v) is 8.60. The van der Waals surface area contributed by atoms with Crippen molar-refractivity contribution in [2.24, 2.45) is 0 Å². The molecule has 1 fully saturated rings. The highest BCUT2D eigenvalue weighted by Crippen LogP contribution is 2.28. The smallest absolute Gasteiger partial charge is 0.410 e. The van der Waals surface area contributed by atoms with Crippen LogP contribution in [0.4, 0.5) is 10.6 Å². The Morgan fingerprint density at radius 1 is 1.13 bits per heavy atom. The number of aromatic nitrogens is 3. The summed E-state index contributed by atoms with van der Waals surface area (Å²) in [5.74, 6) is 1.33. The molecule has 3 aromatic rings. The van der Waals surface area contributed by atoms with Crippen LogP contribution in [-0.4, -0.2) is 57.8 Å². The predicted octanol–water partition coefficient (Wildman–Crippen LogP) is 4.12. The third-order valence-electron chi connectivity index (χ3n) is 5.09. The maximum Gasteiger partial charge on any atom is 0.410 e. The number of nitrogens with zero attached hydrogens (tertiary/aromatic N) is 4. The minimum absolute atomic E-state index is 0.0944. The van der Waals surface area contributed by atoms with Gasteiger partial charge in [-0.3, -0.25) is 0 Å². The molecule has 1 amide bonds. The molecule has 1 saturated heterocycles. The van der Waals surface area contributed by atoms with Crippen molar-refractivity contribution in [2.75, 3.05) is 25.5 Å². The van der Waals surface area contributed by atoms with Crippen LogP contribution in [0, 0.1) is 0 Å². The van der Waals surface area contributed by atoms with Gasteiger partial charge in [0, 0.05) is 42.3 Å². The number of anilines is 1. The van der Waals surface area contributed by atoms with Gasteiger partial charge in [0.15, 0.2) is 0 Å². The largest absolute Gasteiger partial charge is 0.481 e. The standard InChI is InChI=1S/C23H27N5O3/c1-23(2,3)31-22(29)28-10-9-17(13-28)27-21-18-11-15(5-7-19(18)25-14-26-21)16-6-8-20(30-4)24-12-16/h5-8,11-12,14,17H,9-10,13H2,1-4H3,(H,25,26,27)/t17-/m0/s1. The third-order valence-corrected chi connectivity index (χ3v) is 5.09. The molecular formula is C23H27N5O3. The number of benzene rings is 1. The van der Waals surface area contributed by atoms with E-state index >= 15 is 0 Å².